The average molecular weight is 166 g/mol. The molecule has 0 aromatic heterocycles. The van der Waals surface area contributed by atoms with Crippen LogP contribution in [-0.4, -0.2) is 30.4 Å². The van der Waals surface area contributed by atoms with Gasteiger partial charge >= 0.3 is 10.3 Å². The summed E-state index contributed by atoms with van der Waals surface area (Å²) in [5.74, 6) is -0.336. The van der Waals surface area contributed by atoms with Crippen LogP contribution in [0, 0.1) is 0 Å². The maximum absolute atomic E-state index is 10.4. The van der Waals surface area contributed by atoms with Crippen LogP contribution in [0.15, 0.2) is 0 Å². The van der Waals surface area contributed by atoms with Gasteiger partial charge in [0, 0.05) is 13.0 Å². The molecule has 0 bridgehead atoms. The van der Waals surface area contributed by atoms with E-state index in [0.717, 1.165) is 5.01 Å². The molecule has 1 aliphatic rings. The molecule has 10 heavy (non-hydrogen) atoms. The minimum absolute atomic E-state index is 0.318. The van der Waals surface area contributed by atoms with Crippen LogP contribution in [0.3, 0.4) is 0 Å². The van der Waals surface area contributed by atoms with E-state index in [0.29, 0.717) is 13.0 Å². The van der Waals surface area contributed by atoms with Gasteiger partial charge in [-0.15, -0.1) is 4.83 Å². The highest BCUT2D eigenvalue weighted by molar-refractivity contribution is 7.83. The fourth-order valence-corrected chi connectivity index (χ4v) is 1.02. The molecular formula is C3H6N2O4S. The van der Waals surface area contributed by atoms with Crippen molar-refractivity contribution in [3.8, 4) is 0 Å². The fourth-order valence-electron chi connectivity index (χ4n) is 0.551. The van der Waals surface area contributed by atoms with Crippen LogP contribution in [0.1, 0.15) is 6.42 Å². The van der Waals surface area contributed by atoms with Crippen LogP contribution < -0.4 is 4.83 Å². The summed E-state index contributed by atoms with van der Waals surface area (Å²) in [6, 6.07) is 0. The second-order valence-corrected chi connectivity index (χ2v) is 2.99. The van der Waals surface area contributed by atoms with Crippen molar-refractivity contribution >= 4 is 16.2 Å². The largest absolute Gasteiger partial charge is 0.350 e. The van der Waals surface area contributed by atoms with Crippen molar-refractivity contribution in [2.45, 2.75) is 6.42 Å². The predicted molar refractivity (Wildman–Crippen MR) is 31.0 cm³/mol. The molecule has 6 nitrogen and oxygen atoms in total. The number of β-lactam (4-membered cyclic amide) rings is 1. The van der Waals surface area contributed by atoms with E-state index < -0.39 is 10.3 Å². The van der Waals surface area contributed by atoms with E-state index in [1.54, 1.807) is 4.83 Å². The molecule has 0 saturated carbocycles. The summed E-state index contributed by atoms with van der Waals surface area (Å²) in [6.45, 7) is 0.318. The first-order valence-corrected chi connectivity index (χ1v) is 3.98. The molecule has 2 N–H and O–H groups in total. The number of hydrogen-bond donors (Lipinski definition) is 2. The lowest BCUT2D eigenvalue weighted by atomic mass is 10.3. The molecule has 0 radical (unpaired) electrons. The monoisotopic (exact) mass is 166 g/mol. The molecule has 0 aliphatic carbocycles. The Morgan fingerprint density at radius 2 is 2.20 bits per heavy atom. The van der Waals surface area contributed by atoms with Crippen molar-refractivity contribution in [1.82, 2.24) is 9.84 Å². The van der Waals surface area contributed by atoms with Gasteiger partial charge in [0.1, 0.15) is 0 Å². The summed E-state index contributed by atoms with van der Waals surface area (Å²) in [4.78, 5) is 12.0. The number of hydrogen-bond acceptors (Lipinski definition) is 3. The Labute approximate surface area is 57.7 Å². The Morgan fingerprint density at radius 1 is 1.60 bits per heavy atom. The zero-order valence-electron chi connectivity index (χ0n) is 4.94. The van der Waals surface area contributed by atoms with Gasteiger partial charge in [-0.2, -0.15) is 8.42 Å². The third-order valence-electron chi connectivity index (χ3n) is 1.08. The molecule has 1 aliphatic heterocycles. The molecule has 58 valence electrons. The molecule has 1 heterocycles. The highest BCUT2D eigenvalue weighted by atomic mass is 32.2. The van der Waals surface area contributed by atoms with Crippen LogP contribution in [-0.2, 0) is 15.1 Å². The van der Waals surface area contributed by atoms with E-state index in [4.69, 9.17) is 4.55 Å². The average Bonchev–Trinajstić information content (AvgIpc) is 1.78. The molecule has 0 spiro atoms. The third kappa shape index (κ3) is 1.66. The van der Waals surface area contributed by atoms with Crippen molar-refractivity contribution in [3.05, 3.63) is 0 Å². The summed E-state index contributed by atoms with van der Waals surface area (Å²) in [5.41, 5.74) is 0. The van der Waals surface area contributed by atoms with E-state index in [1.807, 2.05) is 0 Å². The Morgan fingerprint density at radius 3 is 2.30 bits per heavy atom. The lowest BCUT2D eigenvalue weighted by Gasteiger charge is -2.28. The lowest BCUT2D eigenvalue weighted by Crippen LogP contribution is -2.53. The van der Waals surface area contributed by atoms with Crippen molar-refractivity contribution < 1.29 is 17.8 Å². The Hall–Kier alpha value is -0.660. The van der Waals surface area contributed by atoms with Gasteiger partial charge in [-0.3, -0.25) is 14.4 Å². The van der Waals surface area contributed by atoms with Crippen LogP contribution in [0.5, 0.6) is 0 Å². The topological polar surface area (TPSA) is 86.7 Å². The van der Waals surface area contributed by atoms with Crippen LogP contribution in [0.2, 0.25) is 0 Å². The molecule has 1 saturated heterocycles. The molecule has 0 unspecified atom stereocenters. The van der Waals surface area contributed by atoms with E-state index >= 15 is 0 Å². The Kier molecular flexibility index (Phi) is 1.63. The standard InChI is InChI=1S/C3H6N2O4S/c6-3-1-2-5(3)4-10(7,8)9/h4H,1-2H2,(H,7,8,9). The van der Waals surface area contributed by atoms with Crippen molar-refractivity contribution in [2.24, 2.45) is 0 Å². The van der Waals surface area contributed by atoms with Crippen LogP contribution >= 0.6 is 0 Å². The normalized spacial score (nSPS) is 18.9. The van der Waals surface area contributed by atoms with Crippen molar-refractivity contribution in [2.75, 3.05) is 6.54 Å². The maximum atomic E-state index is 10.4. The summed E-state index contributed by atoms with van der Waals surface area (Å²) in [6.07, 6.45) is 0.322. The lowest BCUT2D eigenvalue weighted by molar-refractivity contribution is -0.142. The highest BCUT2D eigenvalue weighted by Gasteiger charge is 2.26. The summed E-state index contributed by atoms with van der Waals surface area (Å²) < 4.78 is 28.2. The number of hydrazine groups is 1. The number of nitrogens with one attached hydrogen (secondary N) is 1. The summed E-state index contributed by atoms with van der Waals surface area (Å²) in [7, 11) is -4.26. The van der Waals surface area contributed by atoms with Crippen LogP contribution in [0.4, 0.5) is 0 Å². The number of nitrogens with zero attached hydrogens (tertiary/aromatic N) is 1. The van der Waals surface area contributed by atoms with E-state index in [1.165, 1.54) is 0 Å². The molecule has 0 atom stereocenters. The number of carbonyl (C=O) groups excluding carboxylic acids is 1. The first-order chi connectivity index (χ1) is 4.49. The summed E-state index contributed by atoms with van der Waals surface area (Å²) in [5, 5.41) is 0.829. The van der Waals surface area contributed by atoms with Gasteiger partial charge in [-0.05, 0) is 0 Å². The zero-order valence-corrected chi connectivity index (χ0v) is 5.76. The van der Waals surface area contributed by atoms with Gasteiger partial charge in [-0.1, -0.05) is 0 Å². The van der Waals surface area contributed by atoms with E-state index in [2.05, 4.69) is 0 Å². The van der Waals surface area contributed by atoms with Crippen molar-refractivity contribution in [3.63, 3.8) is 0 Å². The Balaban J connectivity index is 2.48. The first-order valence-electron chi connectivity index (χ1n) is 2.54. The molecule has 1 rings (SSSR count). The molecule has 7 heteroatoms. The van der Waals surface area contributed by atoms with Gasteiger partial charge in [0.25, 0.3) is 0 Å². The maximum Gasteiger partial charge on any atom is 0.350 e. The minimum atomic E-state index is -4.26. The second kappa shape index (κ2) is 2.19. The van der Waals surface area contributed by atoms with Crippen molar-refractivity contribution in [1.29, 1.82) is 0 Å². The second-order valence-electron chi connectivity index (χ2n) is 1.86. The SMILES string of the molecule is O=C1CCN1NS(=O)(=O)O. The predicted octanol–water partition coefficient (Wildman–Crippen LogP) is -1.47. The quantitative estimate of drug-likeness (QED) is 0.387. The fraction of sp³-hybridized carbons (Fsp3) is 0.667. The highest BCUT2D eigenvalue weighted by Crippen LogP contribution is 2.04. The Bertz CT molecular complexity index is 245. The smallest absolute Gasteiger partial charge is 0.273 e. The minimum Gasteiger partial charge on any atom is -0.273 e. The van der Waals surface area contributed by atoms with Gasteiger partial charge < -0.3 is 0 Å². The molecular weight excluding hydrogens is 160 g/mol. The molecule has 0 aromatic carbocycles. The molecule has 0 aromatic rings. The van der Waals surface area contributed by atoms with Gasteiger partial charge in [0.15, 0.2) is 0 Å². The number of carbonyl (C=O) groups is 1. The summed E-state index contributed by atoms with van der Waals surface area (Å²) >= 11 is 0. The van der Waals surface area contributed by atoms with Gasteiger partial charge in [0.2, 0.25) is 5.91 Å². The van der Waals surface area contributed by atoms with Gasteiger partial charge in [-0.25, -0.2) is 0 Å². The van der Waals surface area contributed by atoms with E-state index in [9.17, 15) is 13.2 Å². The number of amides is 1. The van der Waals surface area contributed by atoms with Gasteiger partial charge in [0.05, 0.1) is 0 Å². The third-order valence-corrected chi connectivity index (χ3v) is 1.53. The first kappa shape index (κ1) is 7.45. The zero-order chi connectivity index (χ0) is 7.78. The van der Waals surface area contributed by atoms with E-state index in [-0.39, 0.29) is 5.91 Å². The molecule has 1 amide bonds. The number of rotatable bonds is 2. The van der Waals surface area contributed by atoms with Crippen LogP contribution in [0.25, 0.3) is 0 Å². The molecule has 1 fully saturated rings.